The highest BCUT2D eigenvalue weighted by atomic mass is 32.2. The molecule has 2 aromatic carbocycles. The molecule has 0 spiro atoms. The Labute approximate surface area is 104 Å². The standard InChI is InChI=1S/C14H12F2S/c1-10-2-5-13(6-3-10)17-9-11-8-12(15)4-7-14(11)16/h2-8H,9H2,1H3. The van der Waals surface area contributed by atoms with Gasteiger partial charge in [-0.3, -0.25) is 0 Å². The molecule has 0 aromatic heterocycles. The summed E-state index contributed by atoms with van der Waals surface area (Å²) in [6.07, 6.45) is 0. The summed E-state index contributed by atoms with van der Waals surface area (Å²) in [4.78, 5) is 1.05. The number of hydrogen-bond donors (Lipinski definition) is 0. The molecule has 2 aromatic rings. The lowest BCUT2D eigenvalue weighted by Gasteiger charge is -2.04. The lowest BCUT2D eigenvalue weighted by molar-refractivity contribution is 0.591. The van der Waals surface area contributed by atoms with Gasteiger partial charge in [-0.15, -0.1) is 11.8 Å². The van der Waals surface area contributed by atoms with E-state index in [-0.39, 0.29) is 5.82 Å². The highest BCUT2D eigenvalue weighted by molar-refractivity contribution is 7.98. The third kappa shape index (κ3) is 3.30. The fourth-order valence-corrected chi connectivity index (χ4v) is 2.32. The topological polar surface area (TPSA) is 0 Å². The Morgan fingerprint density at radius 2 is 1.71 bits per heavy atom. The average Bonchev–Trinajstić information content (AvgIpc) is 2.32. The van der Waals surface area contributed by atoms with Gasteiger partial charge in [-0.05, 0) is 37.3 Å². The first-order chi connectivity index (χ1) is 8.15. The van der Waals surface area contributed by atoms with Crippen LogP contribution in [-0.2, 0) is 5.75 Å². The normalized spacial score (nSPS) is 10.5. The van der Waals surface area contributed by atoms with E-state index in [4.69, 9.17) is 0 Å². The lowest BCUT2D eigenvalue weighted by Crippen LogP contribution is -1.89. The van der Waals surface area contributed by atoms with Crippen molar-refractivity contribution in [2.45, 2.75) is 17.6 Å². The smallest absolute Gasteiger partial charge is 0.127 e. The van der Waals surface area contributed by atoms with Crippen LogP contribution in [-0.4, -0.2) is 0 Å². The molecule has 0 N–H and O–H groups in total. The average molecular weight is 250 g/mol. The molecule has 0 amide bonds. The first kappa shape index (κ1) is 12.1. The Morgan fingerprint density at radius 1 is 1.00 bits per heavy atom. The number of hydrogen-bond acceptors (Lipinski definition) is 1. The molecule has 0 saturated heterocycles. The highest BCUT2D eigenvalue weighted by Gasteiger charge is 2.04. The fourth-order valence-electron chi connectivity index (χ4n) is 1.45. The Bertz CT molecular complexity index is 506. The molecular formula is C14H12F2S. The molecule has 2 rings (SSSR count). The molecule has 0 aliphatic heterocycles. The monoisotopic (exact) mass is 250 g/mol. The van der Waals surface area contributed by atoms with E-state index >= 15 is 0 Å². The SMILES string of the molecule is Cc1ccc(SCc2cc(F)ccc2F)cc1. The van der Waals surface area contributed by atoms with Crippen molar-refractivity contribution in [3.8, 4) is 0 Å². The van der Waals surface area contributed by atoms with Crippen LogP contribution in [0, 0.1) is 18.6 Å². The van der Waals surface area contributed by atoms with Crippen molar-refractivity contribution in [1.29, 1.82) is 0 Å². The minimum atomic E-state index is -0.397. The summed E-state index contributed by atoms with van der Waals surface area (Å²) in [7, 11) is 0. The van der Waals surface area contributed by atoms with E-state index in [1.165, 1.54) is 29.5 Å². The molecule has 3 heteroatoms. The molecule has 0 saturated carbocycles. The van der Waals surface area contributed by atoms with Gasteiger partial charge in [0.05, 0.1) is 0 Å². The van der Waals surface area contributed by atoms with E-state index in [1.807, 2.05) is 31.2 Å². The van der Waals surface area contributed by atoms with Gasteiger partial charge in [0.15, 0.2) is 0 Å². The van der Waals surface area contributed by atoms with Crippen molar-refractivity contribution in [3.05, 3.63) is 65.2 Å². The van der Waals surface area contributed by atoms with Gasteiger partial charge in [-0.25, -0.2) is 8.78 Å². The summed E-state index contributed by atoms with van der Waals surface area (Å²) in [5.74, 6) is -0.316. The molecule has 17 heavy (non-hydrogen) atoms. The van der Waals surface area contributed by atoms with Gasteiger partial charge in [-0.2, -0.15) is 0 Å². The second-order valence-corrected chi connectivity index (χ2v) is 4.89. The Kier molecular flexibility index (Phi) is 3.79. The maximum Gasteiger partial charge on any atom is 0.127 e. The first-order valence-electron chi connectivity index (χ1n) is 5.28. The summed E-state index contributed by atoms with van der Waals surface area (Å²) < 4.78 is 26.3. The maximum atomic E-state index is 13.4. The van der Waals surface area contributed by atoms with Gasteiger partial charge >= 0.3 is 0 Å². The van der Waals surface area contributed by atoms with E-state index in [0.717, 1.165) is 11.0 Å². The van der Waals surface area contributed by atoms with Gasteiger partial charge in [-0.1, -0.05) is 17.7 Å². The van der Waals surface area contributed by atoms with Crippen molar-refractivity contribution in [3.63, 3.8) is 0 Å². The molecule has 0 fully saturated rings. The molecule has 88 valence electrons. The van der Waals surface area contributed by atoms with Crippen LogP contribution in [0.4, 0.5) is 8.78 Å². The molecule has 0 nitrogen and oxygen atoms in total. The minimum absolute atomic E-state index is 0.356. The molecule has 0 radical (unpaired) electrons. The number of aryl methyl sites for hydroxylation is 1. The summed E-state index contributed by atoms with van der Waals surface area (Å²) in [6, 6.07) is 11.5. The molecule has 0 bridgehead atoms. The second kappa shape index (κ2) is 5.32. The molecule has 0 aliphatic carbocycles. The van der Waals surface area contributed by atoms with E-state index in [1.54, 1.807) is 0 Å². The Balaban J connectivity index is 2.07. The third-order valence-electron chi connectivity index (χ3n) is 2.42. The zero-order valence-electron chi connectivity index (χ0n) is 9.41. The zero-order chi connectivity index (χ0) is 12.3. The van der Waals surface area contributed by atoms with Crippen LogP contribution in [0.2, 0.25) is 0 Å². The molecule has 0 atom stereocenters. The quantitative estimate of drug-likeness (QED) is 0.719. The van der Waals surface area contributed by atoms with Crippen molar-refractivity contribution >= 4 is 11.8 Å². The van der Waals surface area contributed by atoms with E-state index in [9.17, 15) is 8.78 Å². The fraction of sp³-hybridized carbons (Fsp3) is 0.143. The summed E-state index contributed by atoms with van der Waals surface area (Å²) in [5, 5.41) is 0. The number of thioether (sulfide) groups is 1. The first-order valence-corrected chi connectivity index (χ1v) is 6.27. The molecule has 0 heterocycles. The number of halogens is 2. The van der Waals surface area contributed by atoms with Crippen LogP contribution < -0.4 is 0 Å². The Hall–Kier alpha value is -1.35. The molecular weight excluding hydrogens is 238 g/mol. The van der Waals surface area contributed by atoms with Gasteiger partial charge in [0.25, 0.3) is 0 Å². The largest absolute Gasteiger partial charge is 0.207 e. The zero-order valence-corrected chi connectivity index (χ0v) is 10.2. The predicted molar refractivity (Wildman–Crippen MR) is 67.1 cm³/mol. The van der Waals surface area contributed by atoms with E-state index in [2.05, 4.69) is 0 Å². The predicted octanol–water partition coefficient (Wildman–Crippen LogP) is 4.57. The van der Waals surface area contributed by atoms with Crippen molar-refractivity contribution in [1.82, 2.24) is 0 Å². The van der Waals surface area contributed by atoms with Crippen LogP contribution in [0.3, 0.4) is 0 Å². The number of benzene rings is 2. The molecule has 0 aliphatic rings. The van der Waals surface area contributed by atoms with E-state index in [0.29, 0.717) is 11.3 Å². The maximum absolute atomic E-state index is 13.4. The second-order valence-electron chi connectivity index (χ2n) is 3.84. The summed E-state index contributed by atoms with van der Waals surface area (Å²) in [5.41, 5.74) is 1.59. The van der Waals surface area contributed by atoms with Crippen molar-refractivity contribution in [2.24, 2.45) is 0 Å². The van der Waals surface area contributed by atoms with Gasteiger partial charge in [0, 0.05) is 16.2 Å². The lowest BCUT2D eigenvalue weighted by atomic mass is 10.2. The van der Waals surface area contributed by atoms with Crippen molar-refractivity contribution < 1.29 is 8.78 Å². The number of rotatable bonds is 3. The summed E-state index contributed by atoms with van der Waals surface area (Å²) in [6.45, 7) is 2.01. The van der Waals surface area contributed by atoms with Gasteiger partial charge in [0.2, 0.25) is 0 Å². The molecule has 0 unspecified atom stereocenters. The van der Waals surface area contributed by atoms with Crippen LogP contribution in [0.25, 0.3) is 0 Å². The summed E-state index contributed by atoms with van der Waals surface area (Å²) >= 11 is 1.50. The van der Waals surface area contributed by atoms with Crippen LogP contribution in [0.1, 0.15) is 11.1 Å². The van der Waals surface area contributed by atoms with Gasteiger partial charge < -0.3 is 0 Å². The van der Waals surface area contributed by atoms with Gasteiger partial charge in [0.1, 0.15) is 11.6 Å². The van der Waals surface area contributed by atoms with Crippen molar-refractivity contribution in [2.75, 3.05) is 0 Å². The van der Waals surface area contributed by atoms with Crippen LogP contribution >= 0.6 is 11.8 Å². The highest BCUT2D eigenvalue weighted by Crippen LogP contribution is 2.24. The van der Waals surface area contributed by atoms with Crippen LogP contribution in [0.15, 0.2) is 47.4 Å². The Morgan fingerprint density at radius 3 is 2.41 bits per heavy atom. The third-order valence-corrected chi connectivity index (χ3v) is 3.48. The minimum Gasteiger partial charge on any atom is -0.207 e. The van der Waals surface area contributed by atoms with E-state index < -0.39 is 5.82 Å². The van der Waals surface area contributed by atoms with Crippen LogP contribution in [0.5, 0.6) is 0 Å².